The van der Waals surface area contributed by atoms with Gasteiger partial charge in [0.2, 0.25) is 9.84 Å². The molecule has 4 aromatic rings. The first kappa shape index (κ1) is 25.6. The van der Waals surface area contributed by atoms with E-state index < -0.39 is 25.8 Å². The third kappa shape index (κ3) is 5.67. The number of aromatic carboxylic acids is 1. The summed E-state index contributed by atoms with van der Waals surface area (Å²) in [5.74, 6) is -0.983. The zero-order valence-electron chi connectivity index (χ0n) is 19.0. The van der Waals surface area contributed by atoms with E-state index in [9.17, 15) is 26.7 Å². The van der Waals surface area contributed by atoms with E-state index in [0.29, 0.717) is 30.5 Å². The van der Waals surface area contributed by atoms with Gasteiger partial charge in [0, 0.05) is 5.38 Å². The quantitative estimate of drug-likeness (QED) is 0.283. The van der Waals surface area contributed by atoms with Crippen LogP contribution in [0.3, 0.4) is 0 Å². The fourth-order valence-corrected chi connectivity index (χ4v) is 7.77. The highest BCUT2D eigenvalue weighted by atomic mass is 32.2. The van der Waals surface area contributed by atoms with Crippen LogP contribution in [0.2, 0.25) is 0 Å². The summed E-state index contributed by atoms with van der Waals surface area (Å²) in [6, 6.07) is 22.8. The molecule has 0 saturated carbocycles. The van der Waals surface area contributed by atoms with Crippen LogP contribution in [0, 0.1) is 0 Å². The van der Waals surface area contributed by atoms with Gasteiger partial charge >= 0.3 is 5.97 Å². The summed E-state index contributed by atoms with van der Waals surface area (Å²) in [5.41, 5.74) is 2.12. The Hall–Kier alpha value is -3.47. The molecule has 0 unspecified atom stereocenters. The van der Waals surface area contributed by atoms with Crippen molar-refractivity contribution in [2.24, 2.45) is 0 Å². The van der Waals surface area contributed by atoms with E-state index in [0.717, 1.165) is 16.9 Å². The molecular formula is C26H23NO6S3. The number of nitrogens with one attached hydrogen (secondary N) is 1. The Bertz CT molecular complexity index is 1590. The zero-order chi connectivity index (χ0) is 25.8. The Kier molecular flexibility index (Phi) is 7.58. The number of benzene rings is 3. The molecule has 0 saturated heterocycles. The van der Waals surface area contributed by atoms with Crippen LogP contribution >= 0.6 is 11.3 Å². The normalized spacial score (nSPS) is 11.8. The summed E-state index contributed by atoms with van der Waals surface area (Å²) in [5, 5.41) is 10.7. The number of rotatable bonds is 10. The molecule has 4 rings (SSSR count). The molecule has 0 fully saturated rings. The van der Waals surface area contributed by atoms with Crippen molar-refractivity contribution in [3.8, 4) is 0 Å². The first-order chi connectivity index (χ1) is 17.2. The van der Waals surface area contributed by atoms with Gasteiger partial charge in [-0.1, -0.05) is 54.6 Å². The maximum Gasteiger partial charge on any atom is 0.335 e. The van der Waals surface area contributed by atoms with Gasteiger partial charge in [-0.2, -0.15) is 0 Å². The predicted molar refractivity (Wildman–Crippen MR) is 139 cm³/mol. The molecule has 0 aliphatic heterocycles. The van der Waals surface area contributed by atoms with Crippen LogP contribution in [0.1, 0.15) is 27.9 Å². The van der Waals surface area contributed by atoms with Crippen LogP contribution in [0.4, 0.5) is 5.69 Å². The van der Waals surface area contributed by atoms with E-state index in [1.54, 1.807) is 66.7 Å². The number of thiophene rings is 1. The molecule has 0 aliphatic rings. The van der Waals surface area contributed by atoms with Gasteiger partial charge in [-0.3, -0.25) is 4.72 Å². The number of carbonyl (C=O) groups is 1. The van der Waals surface area contributed by atoms with Gasteiger partial charge in [-0.05, 0) is 60.7 Å². The van der Waals surface area contributed by atoms with Gasteiger partial charge in [-0.25, -0.2) is 21.6 Å². The van der Waals surface area contributed by atoms with Crippen molar-refractivity contribution in [2.45, 2.75) is 33.3 Å². The van der Waals surface area contributed by atoms with Gasteiger partial charge in [0.1, 0.15) is 4.21 Å². The monoisotopic (exact) mass is 541 g/mol. The minimum Gasteiger partial charge on any atom is -0.478 e. The fraction of sp³-hybridized carbons (Fsp3) is 0.115. The smallest absolute Gasteiger partial charge is 0.335 e. The van der Waals surface area contributed by atoms with Gasteiger partial charge in [0.05, 0.1) is 21.0 Å². The number of hydrogen-bond acceptors (Lipinski definition) is 6. The summed E-state index contributed by atoms with van der Waals surface area (Å²) in [6.45, 7) is 0. The lowest BCUT2D eigenvalue weighted by atomic mass is 9.99. The van der Waals surface area contributed by atoms with E-state index in [1.165, 1.54) is 23.6 Å². The first-order valence-corrected chi connectivity index (χ1v) is 14.8. The molecule has 0 atom stereocenters. The van der Waals surface area contributed by atoms with E-state index in [-0.39, 0.29) is 19.6 Å². The lowest BCUT2D eigenvalue weighted by Gasteiger charge is -2.12. The Morgan fingerprint density at radius 2 is 1.39 bits per heavy atom. The largest absolute Gasteiger partial charge is 0.478 e. The number of carboxylic acids is 1. The first-order valence-electron chi connectivity index (χ1n) is 11.0. The van der Waals surface area contributed by atoms with Crippen molar-refractivity contribution in [1.29, 1.82) is 0 Å². The summed E-state index contributed by atoms with van der Waals surface area (Å²) in [7, 11) is -7.86. The van der Waals surface area contributed by atoms with Crippen molar-refractivity contribution in [1.82, 2.24) is 0 Å². The molecule has 0 spiro atoms. The number of para-hydroxylation sites is 1. The second-order valence-electron chi connectivity index (χ2n) is 8.00. The van der Waals surface area contributed by atoms with Crippen molar-refractivity contribution in [3.63, 3.8) is 0 Å². The number of anilines is 1. The average molecular weight is 542 g/mol. The van der Waals surface area contributed by atoms with Crippen molar-refractivity contribution >= 4 is 42.9 Å². The summed E-state index contributed by atoms with van der Waals surface area (Å²) in [4.78, 5) is 11.4. The number of sulfone groups is 1. The number of hydrogen-bond donors (Lipinski definition) is 2. The fourth-order valence-electron chi connectivity index (χ4n) is 3.77. The van der Waals surface area contributed by atoms with Gasteiger partial charge in [0.25, 0.3) is 10.0 Å². The van der Waals surface area contributed by atoms with E-state index in [2.05, 4.69) is 4.72 Å². The lowest BCUT2D eigenvalue weighted by molar-refractivity contribution is 0.0695. The highest BCUT2D eigenvalue weighted by Gasteiger charge is 2.24. The summed E-state index contributed by atoms with van der Waals surface area (Å²) >= 11 is 0.837. The molecule has 36 heavy (non-hydrogen) atoms. The minimum atomic E-state index is -4.03. The Balaban J connectivity index is 1.50. The Labute approximate surface area is 214 Å². The molecule has 1 heterocycles. The minimum absolute atomic E-state index is 0.0792. The van der Waals surface area contributed by atoms with Crippen LogP contribution in [0.15, 0.2) is 104 Å². The zero-order valence-corrected chi connectivity index (χ0v) is 21.4. The van der Waals surface area contributed by atoms with Crippen LogP contribution in [0.5, 0.6) is 0 Å². The molecule has 0 aliphatic carbocycles. The maximum absolute atomic E-state index is 13.1. The highest BCUT2D eigenvalue weighted by Crippen LogP contribution is 2.30. The van der Waals surface area contributed by atoms with Crippen LogP contribution in [-0.4, -0.2) is 27.9 Å². The second-order valence-corrected chi connectivity index (χ2v) is 12.8. The summed E-state index contributed by atoms with van der Waals surface area (Å²) < 4.78 is 54.3. The molecule has 0 amide bonds. The molecule has 1 aromatic heterocycles. The third-order valence-corrected chi connectivity index (χ3v) is 10.3. The molecule has 0 radical (unpaired) electrons. The Morgan fingerprint density at radius 3 is 2.11 bits per heavy atom. The van der Waals surface area contributed by atoms with E-state index >= 15 is 0 Å². The van der Waals surface area contributed by atoms with Crippen molar-refractivity contribution in [2.75, 3.05) is 4.72 Å². The van der Waals surface area contributed by atoms with Crippen molar-refractivity contribution < 1.29 is 26.7 Å². The number of sulfonamides is 1. The topological polar surface area (TPSA) is 118 Å². The molecule has 186 valence electrons. The number of carboxylic acid groups (broad SMARTS) is 1. The van der Waals surface area contributed by atoms with Gasteiger partial charge in [0.15, 0.2) is 0 Å². The predicted octanol–water partition coefficient (Wildman–Crippen LogP) is 5.26. The standard InChI is InChI=1S/C26H23NO6S3/c28-26(29)23-15-6-4-9-19(23)11-8-12-20-10-5-7-16-24(20)27-36(32,33)25-17-22(18-34-25)35(30,31)21-13-2-1-3-14-21/h1-7,9-10,13-18,27H,8,11-12H2,(H,28,29). The lowest BCUT2D eigenvalue weighted by Crippen LogP contribution is -2.13. The van der Waals surface area contributed by atoms with E-state index in [4.69, 9.17) is 0 Å². The number of aryl methyl sites for hydroxylation is 2. The van der Waals surface area contributed by atoms with E-state index in [1.807, 2.05) is 0 Å². The summed E-state index contributed by atoms with van der Waals surface area (Å²) in [6.07, 6.45) is 1.65. The maximum atomic E-state index is 13.1. The average Bonchev–Trinajstić information content (AvgIpc) is 3.38. The molecule has 10 heteroatoms. The van der Waals surface area contributed by atoms with Gasteiger partial charge in [-0.15, -0.1) is 11.3 Å². The van der Waals surface area contributed by atoms with Crippen LogP contribution in [0.25, 0.3) is 0 Å². The second kappa shape index (κ2) is 10.7. The Morgan fingerprint density at radius 1 is 0.778 bits per heavy atom. The molecule has 2 N–H and O–H groups in total. The highest BCUT2D eigenvalue weighted by molar-refractivity contribution is 7.95. The van der Waals surface area contributed by atoms with Crippen LogP contribution in [-0.2, 0) is 32.7 Å². The molecule has 7 nitrogen and oxygen atoms in total. The van der Waals surface area contributed by atoms with Crippen LogP contribution < -0.4 is 4.72 Å². The molecule has 3 aromatic carbocycles. The molecule has 0 bridgehead atoms. The van der Waals surface area contributed by atoms with Gasteiger partial charge < -0.3 is 5.11 Å². The third-order valence-electron chi connectivity index (χ3n) is 5.58. The SMILES string of the molecule is O=C(O)c1ccccc1CCCc1ccccc1NS(=O)(=O)c1cc(S(=O)(=O)c2ccccc2)cs1. The molecular weight excluding hydrogens is 518 g/mol. The van der Waals surface area contributed by atoms with Crippen molar-refractivity contribution in [3.05, 3.63) is 107 Å².